The largest absolute Gasteiger partial charge is 0.396 e. The molecule has 1 aliphatic rings. The van der Waals surface area contributed by atoms with E-state index in [0.29, 0.717) is 13.1 Å². The van der Waals surface area contributed by atoms with Crippen LogP contribution < -0.4 is 5.32 Å². The molecule has 1 fully saturated rings. The van der Waals surface area contributed by atoms with Gasteiger partial charge in [-0.05, 0) is 0 Å². The van der Waals surface area contributed by atoms with Crippen LogP contribution in [-0.4, -0.2) is 40.8 Å². The minimum Gasteiger partial charge on any atom is -0.396 e. The summed E-state index contributed by atoms with van der Waals surface area (Å²) in [5.74, 6) is -2.11. The van der Waals surface area contributed by atoms with E-state index in [2.05, 4.69) is 5.32 Å². The summed E-state index contributed by atoms with van der Waals surface area (Å²) in [6.07, 6.45) is 0.290. The van der Waals surface area contributed by atoms with E-state index in [-0.39, 0.29) is 13.0 Å². The molecule has 0 amide bonds. The quantitative estimate of drug-likeness (QED) is 0.332. The second-order valence-electron chi connectivity index (χ2n) is 2.71. The van der Waals surface area contributed by atoms with Gasteiger partial charge >= 0.3 is 0 Å². The highest BCUT2D eigenvalue weighted by Gasteiger charge is 2.35. The number of piperidine rings is 1. The number of hydrogen-bond donors (Lipinski definition) is 4. The van der Waals surface area contributed by atoms with Gasteiger partial charge in [0.1, 0.15) is 0 Å². The Bertz CT molecular complexity index is 116. The molecule has 0 aliphatic carbocycles. The third-order valence-electron chi connectivity index (χ3n) is 1.93. The Labute approximate surface area is 59.5 Å². The predicted molar refractivity (Wildman–Crippen MR) is 35.2 cm³/mol. The lowest BCUT2D eigenvalue weighted by molar-refractivity contribution is -0.218. The molecule has 1 aliphatic heterocycles. The zero-order chi connectivity index (χ0) is 7.61. The van der Waals surface area contributed by atoms with E-state index in [0.717, 1.165) is 0 Å². The molecule has 4 nitrogen and oxygen atoms in total. The highest BCUT2D eigenvalue weighted by molar-refractivity contribution is 4.82. The summed E-state index contributed by atoms with van der Waals surface area (Å²) in [5, 5.41) is 30.0. The molecule has 1 rings (SSSR count). The SMILES string of the molecule is OCC1CNCCC1(O)O. The van der Waals surface area contributed by atoms with Gasteiger partial charge in [0, 0.05) is 25.4 Å². The van der Waals surface area contributed by atoms with Crippen molar-refractivity contribution in [3.8, 4) is 0 Å². The summed E-state index contributed by atoms with van der Waals surface area (Å²) in [5.41, 5.74) is 0. The van der Waals surface area contributed by atoms with Crippen LogP contribution in [0.2, 0.25) is 0 Å². The molecule has 1 unspecified atom stereocenters. The van der Waals surface area contributed by atoms with Crippen LogP contribution in [0.15, 0.2) is 0 Å². The fraction of sp³-hybridized carbons (Fsp3) is 1.00. The highest BCUT2D eigenvalue weighted by Crippen LogP contribution is 2.20. The molecule has 0 saturated carbocycles. The fourth-order valence-electron chi connectivity index (χ4n) is 1.13. The van der Waals surface area contributed by atoms with Crippen LogP contribution in [0.5, 0.6) is 0 Å². The van der Waals surface area contributed by atoms with Crippen molar-refractivity contribution in [3.05, 3.63) is 0 Å². The summed E-state index contributed by atoms with van der Waals surface area (Å²) in [4.78, 5) is 0. The molecule has 4 heteroatoms. The zero-order valence-corrected chi connectivity index (χ0v) is 5.75. The van der Waals surface area contributed by atoms with E-state index in [1.807, 2.05) is 0 Å². The van der Waals surface area contributed by atoms with Gasteiger partial charge in [-0.1, -0.05) is 0 Å². The lowest BCUT2D eigenvalue weighted by atomic mass is 9.93. The Kier molecular flexibility index (Phi) is 2.25. The minimum absolute atomic E-state index is 0.181. The Balaban J connectivity index is 2.51. The first-order valence-corrected chi connectivity index (χ1v) is 3.43. The molecular weight excluding hydrogens is 134 g/mol. The Morgan fingerprint density at radius 2 is 2.20 bits per heavy atom. The fourth-order valence-corrected chi connectivity index (χ4v) is 1.13. The van der Waals surface area contributed by atoms with E-state index >= 15 is 0 Å². The summed E-state index contributed by atoms with van der Waals surface area (Å²) in [6, 6.07) is 0. The van der Waals surface area contributed by atoms with Gasteiger partial charge < -0.3 is 20.6 Å². The number of hydrogen-bond acceptors (Lipinski definition) is 4. The first-order valence-electron chi connectivity index (χ1n) is 3.43. The van der Waals surface area contributed by atoms with Gasteiger partial charge in [-0.3, -0.25) is 0 Å². The average Bonchev–Trinajstić information content (AvgIpc) is 1.87. The normalized spacial score (nSPS) is 32.1. The Hall–Kier alpha value is -0.160. The van der Waals surface area contributed by atoms with Crippen molar-refractivity contribution in [2.24, 2.45) is 5.92 Å². The highest BCUT2D eigenvalue weighted by atomic mass is 16.5. The van der Waals surface area contributed by atoms with Crippen molar-refractivity contribution in [1.82, 2.24) is 5.32 Å². The number of aliphatic hydroxyl groups is 3. The van der Waals surface area contributed by atoms with Crippen molar-refractivity contribution in [2.75, 3.05) is 19.7 Å². The lowest BCUT2D eigenvalue weighted by Crippen LogP contribution is -2.51. The maximum Gasteiger partial charge on any atom is 0.170 e. The molecule has 1 heterocycles. The van der Waals surface area contributed by atoms with Crippen LogP contribution in [0.25, 0.3) is 0 Å². The van der Waals surface area contributed by atoms with E-state index < -0.39 is 11.7 Å². The summed E-state index contributed by atoms with van der Waals surface area (Å²) in [7, 11) is 0. The van der Waals surface area contributed by atoms with E-state index in [9.17, 15) is 10.2 Å². The average molecular weight is 147 g/mol. The number of nitrogens with one attached hydrogen (secondary N) is 1. The Morgan fingerprint density at radius 1 is 1.50 bits per heavy atom. The van der Waals surface area contributed by atoms with Gasteiger partial charge in [0.05, 0.1) is 6.61 Å². The summed E-state index contributed by atoms with van der Waals surface area (Å²) in [6.45, 7) is 0.896. The summed E-state index contributed by atoms with van der Waals surface area (Å²) >= 11 is 0. The van der Waals surface area contributed by atoms with Crippen LogP contribution in [0, 0.1) is 5.92 Å². The monoisotopic (exact) mass is 147 g/mol. The van der Waals surface area contributed by atoms with E-state index in [4.69, 9.17) is 5.11 Å². The maximum atomic E-state index is 9.19. The topological polar surface area (TPSA) is 72.7 Å². The molecule has 0 spiro atoms. The standard InChI is InChI=1S/C6H13NO3/c8-4-5-3-7-2-1-6(5,9)10/h5,7-10H,1-4H2. The first-order chi connectivity index (χ1) is 4.67. The van der Waals surface area contributed by atoms with Gasteiger partial charge in [0.2, 0.25) is 0 Å². The Morgan fingerprint density at radius 3 is 2.60 bits per heavy atom. The smallest absolute Gasteiger partial charge is 0.170 e. The molecular formula is C6H13NO3. The molecule has 0 aromatic carbocycles. The second kappa shape index (κ2) is 2.84. The van der Waals surface area contributed by atoms with Gasteiger partial charge in [-0.25, -0.2) is 0 Å². The molecule has 0 aromatic rings. The van der Waals surface area contributed by atoms with Crippen molar-refractivity contribution >= 4 is 0 Å². The van der Waals surface area contributed by atoms with Crippen LogP contribution in [0.1, 0.15) is 6.42 Å². The van der Waals surface area contributed by atoms with Crippen LogP contribution in [-0.2, 0) is 0 Å². The summed E-state index contributed by atoms with van der Waals surface area (Å²) < 4.78 is 0. The van der Waals surface area contributed by atoms with E-state index in [1.54, 1.807) is 0 Å². The molecule has 10 heavy (non-hydrogen) atoms. The van der Waals surface area contributed by atoms with Crippen LogP contribution in [0.4, 0.5) is 0 Å². The first kappa shape index (κ1) is 7.94. The van der Waals surface area contributed by atoms with Crippen molar-refractivity contribution in [1.29, 1.82) is 0 Å². The predicted octanol–water partition coefficient (Wildman–Crippen LogP) is -1.73. The molecule has 0 bridgehead atoms. The third kappa shape index (κ3) is 1.46. The van der Waals surface area contributed by atoms with Gasteiger partial charge in [-0.2, -0.15) is 0 Å². The molecule has 0 radical (unpaired) electrons. The second-order valence-corrected chi connectivity index (χ2v) is 2.71. The minimum atomic E-state index is -1.67. The number of rotatable bonds is 1. The molecule has 1 atom stereocenters. The maximum absolute atomic E-state index is 9.19. The van der Waals surface area contributed by atoms with Crippen LogP contribution in [0.3, 0.4) is 0 Å². The van der Waals surface area contributed by atoms with E-state index in [1.165, 1.54) is 0 Å². The molecule has 0 aromatic heterocycles. The number of aliphatic hydroxyl groups excluding tert-OH is 1. The molecule has 1 saturated heterocycles. The van der Waals surface area contributed by atoms with Gasteiger partial charge in [0.15, 0.2) is 5.79 Å². The van der Waals surface area contributed by atoms with Crippen molar-refractivity contribution < 1.29 is 15.3 Å². The van der Waals surface area contributed by atoms with Crippen molar-refractivity contribution in [2.45, 2.75) is 12.2 Å². The van der Waals surface area contributed by atoms with Crippen molar-refractivity contribution in [3.63, 3.8) is 0 Å². The van der Waals surface area contributed by atoms with Gasteiger partial charge in [0.25, 0.3) is 0 Å². The molecule has 4 N–H and O–H groups in total. The van der Waals surface area contributed by atoms with Crippen LogP contribution >= 0.6 is 0 Å². The third-order valence-corrected chi connectivity index (χ3v) is 1.93. The zero-order valence-electron chi connectivity index (χ0n) is 5.75. The van der Waals surface area contributed by atoms with Gasteiger partial charge in [-0.15, -0.1) is 0 Å². The molecule has 60 valence electrons. The lowest BCUT2D eigenvalue weighted by Gasteiger charge is -2.34.